The van der Waals surface area contributed by atoms with Crippen LogP contribution in [0, 0.1) is 11.3 Å². The van der Waals surface area contributed by atoms with Gasteiger partial charge in [-0.3, -0.25) is 14.4 Å². The summed E-state index contributed by atoms with van der Waals surface area (Å²) in [5.74, 6) is -2.72. The molecule has 7 heteroatoms. The highest BCUT2D eigenvalue weighted by atomic mass is 35.5. The van der Waals surface area contributed by atoms with Crippen LogP contribution in [0.25, 0.3) is 0 Å². The van der Waals surface area contributed by atoms with Crippen molar-refractivity contribution in [2.45, 2.75) is 25.2 Å². The number of rotatable bonds is 2. The molecule has 148 valence electrons. The van der Waals surface area contributed by atoms with Gasteiger partial charge in [-0.05, 0) is 35.5 Å². The van der Waals surface area contributed by atoms with Crippen LogP contribution in [0.2, 0.25) is 5.02 Å². The summed E-state index contributed by atoms with van der Waals surface area (Å²) >= 11 is 11.1. The molecule has 2 N–H and O–H groups in total. The molecule has 0 aromatic heterocycles. The lowest BCUT2D eigenvalue weighted by atomic mass is 9.51. The van der Waals surface area contributed by atoms with E-state index in [0.29, 0.717) is 10.6 Å². The highest BCUT2D eigenvalue weighted by Gasteiger charge is 2.64. The lowest BCUT2D eigenvalue weighted by Gasteiger charge is -2.50. The second kappa shape index (κ2) is 7.35. The Morgan fingerprint density at radius 3 is 2.10 bits per heavy atom. The second-order valence-corrected chi connectivity index (χ2v) is 8.40. The maximum absolute atomic E-state index is 13.5. The lowest BCUT2D eigenvalue weighted by Crippen LogP contribution is -2.68. The van der Waals surface area contributed by atoms with E-state index in [1.54, 1.807) is 31.2 Å². The lowest BCUT2D eigenvalue weighted by molar-refractivity contribution is -0.153. The number of hydrogen-bond donors (Lipinski definition) is 2. The third-order valence-electron chi connectivity index (χ3n) is 6.09. The Kier molecular flexibility index (Phi) is 5.00. The van der Waals surface area contributed by atoms with Crippen molar-refractivity contribution < 1.29 is 14.4 Å². The summed E-state index contributed by atoms with van der Waals surface area (Å²) < 4.78 is 0. The highest BCUT2D eigenvalue weighted by Crippen LogP contribution is 2.57. The van der Waals surface area contributed by atoms with Crippen molar-refractivity contribution in [1.29, 1.82) is 0 Å². The van der Waals surface area contributed by atoms with Gasteiger partial charge in [0.25, 0.3) is 0 Å². The zero-order valence-electron chi connectivity index (χ0n) is 15.6. The van der Waals surface area contributed by atoms with Crippen molar-refractivity contribution >= 4 is 46.5 Å². The van der Waals surface area contributed by atoms with Crippen molar-refractivity contribution in [3.8, 4) is 0 Å². The predicted octanol–water partition coefficient (Wildman–Crippen LogP) is 3.33. The number of carbonyl (C=O) groups is 3. The Morgan fingerprint density at radius 2 is 1.52 bits per heavy atom. The minimum Gasteiger partial charge on any atom is -0.302 e. The molecule has 1 spiro atoms. The molecule has 1 saturated carbocycles. The minimum atomic E-state index is -1.51. The molecule has 0 radical (unpaired) electrons. The molecule has 29 heavy (non-hydrogen) atoms. The zero-order valence-corrected chi connectivity index (χ0v) is 17.2. The van der Waals surface area contributed by atoms with E-state index in [1.807, 2.05) is 30.3 Å². The maximum Gasteiger partial charge on any atom is 0.243 e. The van der Waals surface area contributed by atoms with Crippen molar-refractivity contribution in [2.24, 2.45) is 11.3 Å². The van der Waals surface area contributed by atoms with Crippen molar-refractivity contribution in [3.63, 3.8) is 0 Å². The molecule has 2 aromatic carbocycles. The van der Waals surface area contributed by atoms with Crippen LogP contribution in [0.1, 0.15) is 36.3 Å². The van der Waals surface area contributed by atoms with Crippen molar-refractivity contribution in [3.05, 3.63) is 70.7 Å². The normalized spacial score (nSPS) is 26.2. The Balaban J connectivity index is 1.98. The van der Waals surface area contributed by atoms with Crippen LogP contribution in [0.15, 0.2) is 54.6 Å². The van der Waals surface area contributed by atoms with E-state index >= 15 is 0 Å². The highest BCUT2D eigenvalue weighted by molar-refractivity contribution is 7.80. The van der Waals surface area contributed by atoms with E-state index < -0.39 is 35.0 Å². The van der Waals surface area contributed by atoms with E-state index in [2.05, 4.69) is 10.6 Å². The monoisotopic (exact) mass is 426 g/mol. The molecule has 1 aliphatic heterocycles. The van der Waals surface area contributed by atoms with Crippen LogP contribution in [0.5, 0.6) is 0 Å². The van der Waals surface area contributed by atoms with Crippen LogP contribution in [0.4, 0.5) is 0 Å². The molecule has 3 unspecified atom stereocenters. The van der Waals surface area contributed by atoms with E-state index in [-0.39, 0.29) is 17.3 Å². The van der Waals surface area contributed by atoms with E-state index in [1.165, 1.54) is 0 Å². The summed E-state index contributed by atoms with van der Waals surface area (Å²) in [7, 11) is 0. The van der Waals surface area contributed by atoms with E-state index in [4.69, 9.17) is 23.8 Å². The number of thiocarbonyl (C=S) groups is 1. The second-order valence-electron chi connectivity index (χ2n) is 7.56. The van der Waals surface area contributed by atoms with Gasteiger partial charge >= 0.3 is 0 Å². The Labute approximate surface area is 178 Å². The van der Waals surface area contributed by atoms with Gasteiger partial charge in [0.1, 0.15) is 11.2 Å². The fourth-order valence-electron chi connectivity index (χ4n) is 4.78. The first-order valence-electron chi connectivity index (χ1n) is 9.35. The fourth-order valence-corrected chi connectivity index (χ4v) is 5.09. The Hall–Kier alpha value is -2.57. The molecule has 1 saturated heterocycles. The molecule has 0 bridgehead atoms. The van der Waals surface area contributed by atoms with Crippen molar-refractivity contribution in [1.82, 2.24) is 10.6 Å². The molecular formula is C22H19ClN2O3S. The van der Waals surface area contributed by atoms with Crippen LogP contribution in [-0.2, 0) is 14.4 Å². The average Bonchev–Trinajstić information content (AvgIpc) is 2.69. The SMILES string of the molecule is CC1C(=O)CC(c2ccc(Cl)cc2)C2(C(=O)NC(=S)NC2=O)C1c1ccccc1. The molecule has 3 atom stereocenters. The van der Waals surface area contributed by atoms with Gasteiger partial charge in [0.05, 0.1) is 0 Å². The summed E-state index contributed by atoms with van der Waals surface area (Å²) in [5, 5.41) is 5.80. The van der Waals surface area contributed by atoms with Crippen LogP contribution in [0.3, 0.4) is 0 Å². The molecule has 5 nitrogen and oxygen atoms in total. The van der Waals surface area contributed by atoms with Crippen LogP contribution < -0.4 is 10.6 Å². The third-order valence-corrected chi connectivity index (χ3v) is 6.55. The summed E-state index contributed by atoms with van der Waals surface area (Å²) in [5.41, 5.74) is -0.0241. The van der Waals surface area contributed by atoms with Crippen LogP contribution >= 0.6 is 23.8 Å². The quantitative estimate of drug-likeness (QED) is 0.570. The molecular weight excluding hydrogens is 408 g/mol. The zero-order chi connectivity index (χ0) is 20.8. The average molecular weight is 427 g/mol. The minimum absolute atomic E-state index is 0.0122. The van der Waals surface area contributed by atoms with Gasteiger partial charge in [0, 0.05) is 29.2 Å². The third kappa shape index (κ3) is 3.07. The van der Waals surface area contributed by atoms with Gasteiger partial charge < -0.3 is 10.6 Å². The first-order valence-corrected chi connectivity index (χ1v) is 10.1. The number of amides is 2. The van der Waals surface area contributed by atoms with Gasteiger partial charge in [0.2, 0.25) is 11.8 Å². The number of nitrogens with one attached hydrogen (secondary N) is 2. The molecule has 1 aliphatic carbocycles. The van der Waals surface area contributed by atoms with Gasteiger partial charge in [-0.25, -0.2) is 0 Å². The first-order chi connectivity index (χ1) is 13.9. The van der Waals surface area contributed by atoms with Gasteiger partial charge in [-0.1, -0.05) is 61.0 Å². The number of Topliss-reactive ketones (excluding diaryl/α,β-unsaturated/α-hetero) is 1. The largest absolute Gasteiger partial charge is 0.302 e. The fraction of sp³-hybridized carbons (Fsp3) is 0.273. The van der Waals surface area contributed by atoms with Gasteiger partial charge in [-0.15, -0.1) is 0 Å². The molecule has 2 aromatic rings. The molecule has 1 heterocycles. The Bertz CT molecular complexity index is 986. The van der Waals surface area contributed by atoms with E-state index in [9.17, 15) is 14.4 Å². The first kappa shape index (κ1) is 19.7. The van der Waals surface area contributed by atoms with Crippen molar-refractivity contribution in [2.75, 3.05) is 0 Å². The van der Waals surface area contributed by atoms with Gasteiger partial charge in [-0.2, -0.15) is 0 Å². The summed E-state index contributed by atoms with van der Waals surface area (Å²) in [6, 6.07) is 16.2. The summed E-state index contributed by atoms with van der Waals surface area (Å²) in [6.07, 6.45) is 0.0831. The van der Waals surface area contributed by atoms with E-state index in [0.717, 1.165) is 5.56 Å². The number of benzene rings is 2. The number of halogens is 1. The maximum atomic E-state index is 13.5. The Morgan fingerprint density at radius 1 is 0.931 bits per heavy atom. The standard InChI is InChI=1S/C22H19ClN2O3S/c1-12-17(26)11-16(13-7-9-15(23)10-8-13)22(18(12)14-5-3-2-4-6-14)19(27)24-21(29)25-20(22)28/h2-10,12,16,18H,11H2,1H3,(H2,24,25,27,28,29). The topological polar surface area (TPSA) is 75.3 Å². The molecule has 2 amide bonds. The van der Waals surface area contributed by atoms with Crippen LogP contribution in [-0.4, -0.2) is 22.7 Å². The smallest absolute Gasteiger partial charge is 0.243 e. The number of ketones is 1. The molecule has 2 fully saturated rings. The summed E-state index contributed by atoms with van der Waals surface area (Å²) in [6.45, 7) is 1.79. The molecule has 4 rings (SSSR count). The predicted molar refractivity (Wildman–Crippen MR) is 113 cm³/mol. The molecule has 2 aliphatic rings. The summed E-state index contributed by atoms with van der Waals surface area (Å²) in [4.78, 5) is 40.0. The number of hydrogen-bond acceptors (Lipinski definition) is 4. The van der Waals surface area contributed by atoms with Gasteiger partial charge in [0.15, 0.2) is 5.11 Å². The number of carbonyl (C=O) groups excluding carboxylic acids is 3.